The van der Waals surface area contributed by atoms with Gasteiger partial charge in [0.15, 0.2) is 0 Å². The number of methoxy groups -OCH3 is 2. The van der Waals surface area contributed by atoms with Gasteiger partial charge in [0.05, 0.1) is 38.6 Å². The SMILES string of the molecule is COC(=O)c1c(C#Cc2ccccc2)c(-c2ccccc2)c(C(=O)OC)c2c1COC2. The molecule has 0 amide bonds. The van der Waals surface area contributed by atoms with Crippen molar-refractivity contribution in [2.75, 3.05) is 14.2 Å². The zero-order valence-corrected chi connectivity index (χ0v) is 17.2. The normalized spacial score (nSPS) is 11.8. The number of hydrogen-bond acceptors (Lipinski definition) is 5. The van der Waals surface area contributed by atoms with Crippen molar-refractivity contribution >= 4 is 11.9 Å². The predicted molar refractivity (Wildman–Crippen MR) is 115 cm³/mol. The van der Waals surface area contributed by atoms with Crippen LogP contribution in [-0.4, -0.2) is 26.2 Å². The summed E-state index contributed by atoms with van der Waals surface area (Å²) in [5, 5.41) is 0. The van der Waals surface area contributed by atoms with Gasteiger partial charge in [0, 0.05) is 16.7 Å². The third kappa shape index (κ3) is 3.81. The van der Waals surface area contributed by atoms with Crippen LogP contribution in [-0.2, 0) is 27.4 Å². The first-order valence-corrected chi connectivity index (χ1v) is 9.74. The first kappa shape index (κ1) is 20.4. The van der Waals surface area contributed by atoms with Gasteiger partial charge in [-0.15, -0.1) is 0 Å². The molecule has 1 aliphatic heterocycles. The van der Waals surface area contributed by atoms with Crippen molar-refractivity contribution in [2.24, 2.45) is 0 Å². The second-order valence-corrected chi connectivity index (χ2v) is 6.92. The van der Waals surface area contributed by atoms with E-state index in [9.17, 15) is 9.59 Å². The van der Waals surface area contributed by atoms with Crippen LogP contribution in [0, 0.1) is 11.8 Å². The summed E-state index contributed by atoms with van der Waals surface area (Å²) in [6.07, 6.45) is 0. The number of carbonyl (C=O) groups is 2. The van der Waals surface area contributed by atoms with Gasteiger partial charge < -0.3 is 14.2 Å². The van der Waals surface area contributed by atoms with Crippen LogP contribution in [0.15, 0.2) is 60.7 Å². The first-order chi connectivity index (χ1) is 15.2. The molecule has 0 saturated carbocycles. The number of hydrogen-bond donors (Lipinski definition) is 0. The van der Waals surface area contributed by atoms with E-state index in [1.54, 1.807) is 0 Å². The molecule has 5 heteroatoms. The molecule has 0 fully saturated rings. The van der Waals surface area contributed by atoms with E-state index in [0.717, 1.165) is 11.1 Å². The lowest BCUT2D eigenvalue weighted by Crippen LogP contribution is -2.16. The molecule has 0 radical (unpaired) electrons. The molecule has 154 valence electrons. The van der Waals surface area contributed by atoms with E-state index in [1.165, 1.54) is 14.2 Å². The fourth-order valence-corrected chi connectivity index (χ4v) is 3.76. The molecule has 1 aliphatic rings. The third-order valence-corrected chi connectivity index (χ3v) is 5.16. The Kier molecular flexibility index (Phi) is 5.83. The van der Waals surface area contributed by atoms with Crippen molar-refractivity contribution in [3.8, 4) is 23.0 Å². The highest BCUT2D eigenvalue weighted by atomic mass is 16.5. The molecule has 4 rings (SSSR count). The molecule has 0 atom stereocenters. The first-order valence-electron chi connectivity index (χ1n) is 9.74. The highest BCUT2D eigenvalue weighted by Gasteiger charge is 2.33. The average Bonchev–Trinajstić information content (AvgIpc) is 3.31. The molecule has 31 heavy (non-hydrogen) atoms. The fourth-order valence-electron chi connectivity index (χ4n) is 3.76. The van der Waals surface area contributed by atoms with Crippen molar-refractivity contribution in [1.29, 1.82) is 0 Å². The molecular formula is C26H20O5. The summed E-state index contributed by atoms with van der Waals surface area (Å²) in [5.74, 6) is 5.24. The summed E-state index contributed by atoms with van der Waals surface area (Å²) in [6, 6.07) is 18.8. The minimum atomic E-state index is -0.521. The minimum Gasteiger partial charge on any atom is -0.465 e. The Bertz CT molecular complexity index is 1200. The van der Waals surface area contributed by atoms with Gasteiger partial charge in [0.1, 0.15) is 0 Å². The number of esters is 2. The number of ether oxygens (including phenoxy) is 3. The maximum absolute atomic E-state index is 12.9. The highest BCUT2D eigenvalue weighted by molar-refractivity contribution is 6.06. The molecule has 0 aromatic heterocycles. The lowest BCUT2D eigenvalue weighted by atomic mass is 9.84. The number of fused-ring (bicyclic) bond motifs is 1. The van der Waals surface area contributed by atoms with E-state index in [4.69, 9.17) is 14.2 Å². The number of benzene rings is 3. The quantitative estimate of drug-likeness (QED) is 0.473. The summed E-state index contributed by atoms with van der Waals surface area (Å²) in [5.41, 5.74) is 4.44. The fraction of sp³-hybridized carbons (Fsp3) is 0.154. The molecule has 0 unspecified atom stereocenters. The standard InChI is InChI=1S/C26H20O5/c1-29-25(27)23-19(14-13-17-9-5-3-6-10-17)22(18-11-7-4-8-12-18)24(26(28)30-2)21-16-31-15-20(21)23/h3-12H,15-16H2,1-2H3. The van der Waals surface area contributed by atoms with Crippen LogP contribution in [0.25, 0.3) is 11.1 Å². The Balaban J connectivity index is 2.13. The van der Waals surface area contributed by atoms with Gasteiger partial charge in [-0.1, -0.05) is 60.4 Å². The van der Waals surface area contributed by atoms with Gasteiger partial charge in [-0.3, -0.25) is 0 Å². The summed E-state index contributed by atoms with van der Waals surface area (Å²) < 4.78 is 15.8. The average molecular weight is 412 g/mol. The number of rotatable bonds is 3. The molecule has 3 aromatic carbocycles. The van der Waals surface area contributed by atoms with Crippen LogP contribution in [0.2, 0.25) is 0 Å². The smallest absolute Gasteiger partial charge is 0.339 e. The van der Waals surface area contributed by atoms with Gasteiger partial charge in [0.25, 0.3) is 0 Å². The minimum absolute atomic E-state index is 0.193. The molecule has 5 nitrogen and oxygen atoms in total. The molecule has 0 N–H and O–H groups in total. The molecule has 0 aliphatic carbocycles. The van der Waals surface area contributed by atoms with Crippen LogP contribution in [0.4, 0.5) is 0 Å². The van der Waals surface area contributed by atoms with Crippen LogP contribution in [0.5, 0.6) is 0 Å². The van der Waals surface area contributed by atoms with E-state index in [1.807, 2.05) is 60.7 Å². The van der Waals surface area contributed by atoms with Crippen molar-refractivity contribution in [1.82, 2.24) is 0 Å². The maximum atomic E-state index is 12.9. The zero-order valence-electron chi connectivity index (χ0n) is 17.2. The predicted octanol–water partition coefficient (Wildman–Crippen LogP) is 4.36. The monoisotopic (exact) mass is 412 g/mol. The maximum Gasteiger partial charge on any atom is 0.339 e. The number of carbonyl (C=O) groups excluding carboxylic acids is 2. The molecule has 0 bridgehead atoms. The lowest BCUT2D eigenvalue weighted by Gasteiger charge is -2.18. The second kappa shape index (κ2) is 8.86. The largest absolute Gasteiger partial charge is 0.465 e. The van der Waals surface area contributed by atoms with E-state index in [0.29, 0.717) is 33.4 Å². The summed E-state index contributed by atoms with van der Waals surface area (Å²) in [7, 11) is 2.66. The summed E-state index contributed by atoms with van der Waals surface area (Å²) >= 11 is 0. The second-order valence-electron chi connectivity index (χ2n) is 6.92. The van der Waals surface area contributed by atoms with Crippen LogP contribution in [0.3, 0.4) is 0 Å². The van der Waals surface area contributed by atoms with E-state index in [-0.39, 0.29) is 13.2 Å². The zero-order chi connectivity index (χ0) is 21.8. The summed E-state index contributed by atoms with van der Waals surface area (Å²) in [4.78, 5) is 25.8. The Hall–Kier alpha value is -3.88. The Morgan fingerprint density at radius 1 is 0.774 bits per heavy atom. The van der Waals surface area contributed by atoms with Gasteiger partial charge >= 0.3 is 11.9 Å². The lowest BCUT2D eigenvalue weighted by molar-refractivity contribution is 0.0585. The Morgan fingerprint density at radius 3 is 1.94 bits per heavy atom. The van der Waals surface area contributed by atoms with Crippen LogP contribution < -0.4 is 0 Å². The Morgan fingerprint density at radius 2 is 1.32 bits per heavy atom. The van der Waals surface area contributed by atoms with Gasteiger partial charge in [-0.05, 0) is 28.8 Å². The van der Waals surface area contributed by atoms with E-state index >= 15 is 0 Å². The van der Waals surface area contributed by atoms with Gasteiger partial charge in [-0.25, -0.2) is 9.59 Å². The molecule has 0 spiro atoms. The van der Waals surface area contributed by atoms with Crippen molar-refractivity contribution in [2.45, 2.75) is 13.2 Å². The topological polar surface area (TPSA) is 61.8 Å². The van der Waals surface area contributed by atoms with Crippen molar-refractivity contribution in [3.63, 3.8) is 0 Å². The van der Waals surface area contributed by atoms with Gasteiger partial charge in [0.2, 0.25) is 0 Å². The molecule has 1 heterocycles. The van der Waals surface area contributed by atoms with E-state index in [2.05, 4.69) is 11.8 Å². The van der Waals surface area contributed by atoms with Crippen LogP contribution >= 0.6 is 0 Å². The Labute approximate surface area is 180 Å². The van der Waals surface area contributed by atoms with Gasteiger partial charge in [-0.2, -0.15) is 0 Å². The molecule has 3 aromatic rings. The van der Waals surface area contributed by atoms with Crippen LogP contribution in [0.1, 0.15) is 43.0 Å². The van der Waals surface area contributed by atoms with Crippen molar-refractivity contribution < 1.29 is 23.8 Å². The highest BCUT2D eigenvalue weighted by Crippen LogP contribution is 2.39. The summed E-state index contributed by atoms with van der Waals surface area (Å²) in [6.45, 7) is 0.398. The molecule has 0 saturated heterocycles. The molecular weight excluding hydrogens is 392 g/mol. The van der Waals surface area contributed by atoms with Crippen molar-refractivity contribution in [3.05, 3.63) is 94.0 Å². The van der Waals surface area contributed by atoms with E-state index < -0.39 is 11.9 Å². The third-order valence-electron chi connectivity index (χ3n) is 5.16.